The SMILES string of the molecule is C=C/C(C)=C\N=C(C)F. The van der Waals surface area contributed by atoms with Crippen molar-refractivity contribution in [1.29, 1.82) is 0 Å². The van der Waals surface area contributed by atoms with Crippen LogP contribution in [0.2, 0.25) is 0 Å². The summed E-state index contributed by atoms with van der Waals surface area (Å²) in [5.74, 6) is -0.434. The van der Waals surface area contributed by atoms with Crippen molar-refractivity contribution in [2.75, 3.05) is 0 Å². The van der Waals surface area contributed by atoms with Crippen molar-refractivity contribution in [3.05, 3.63) is 24.4 Å². The molecule has 0 aliphatic heterocycles. The Hall–Kier alpha value is -0.920. The Kier molecular flexibility index (Phi) is 3.60. The van der Waals surface area contributed by atoms with Crippen molar-refractivity contribution in [3.63, 3.8) is 0 Å². The summed E-state index contributed by atoms with van der Waals surface area (Å²) >= 11 is 0. The Balaban J connectivity index is 3.98. The second kappa shape index (κ2) is 4.01. The molecule has 0 saturated carbocycles. The van der Waals surface area contributed by atoms with Crippen LogP contribution in [0.25, 0.3) is 0 Å². The topological polar surface area (TPSA) is 12.4 Å². The minimum Gasteiger partial charge on any atom is -0.232 e. The molecule has 0 aliphatic rings. The predicted molar refractivity (Wildman–Crippen MR) is 38.2 cm³/mol. The van der Waals surface area contributed by atoms with Crippen LogP contribution in [0, 0.1) is 0 Å². The number of nitrogens with zero attached hydrogens (tertiary/aromatic N) is 1. The van der Waals surface area contributed by atoms with Gasteiger partial charge in [0.15, 0.2) is 5.97 Å². The molecular formula is C7H10FN. The van der Waals surface area contributed by atoms with Gasteiger partial charge in [-0.3, -0.25) is 0 Å². The number of allylic oxidation sites excluding steroid dienone is 2. The highest BCUT2D eigenvalue weighted by Gasteiger charge is 1.78. The van der Waals surface area contributed by atoms with Gasteiger partial charge in [0.25, 0.3) is 0 Å². The maximum absolute atomic E-state index is 11.9. The first-order chi connectivity index (χ1) is 4.16. The molecule has 0 heterocycles. The molecule has 0 bridgehead atoms. The van der Waals surface area contributed by atoms with Crippen LogP contribution in [-0.4, -0.2) is 5.97 Å². The van der Waals surface area contributed by atoms with Crippen LogP contribution in [0.1, 0.15) is 13.8 Å². The van der Waals surface area contributed by atoms with E-state index in [1.807, 2.05) is 0 Å². The van der Waals surface area contributed by atoms with E-state index >= 15 is 0 Å². The molecule has 0 aliphatic carbocycles. The van der Waals surface area contributed by atoms with Crippen LogP contribution in [0.3, 0.4) is 0 Å². The first-order valence-corrected chi connectivity index (χ1v) is 2.66. The normalized spacial score (nSPS) is 13.7. The smallest absolute Gasteiger partial charge is 0.185 e. The van der Waals surface area contributed by atoms with E-state index in [0.29, 0.717) is 0 Å². The predicted octanol–water partition coefficient (Wildman–Crippen LogP) is 2.46. The first kappa shape index (κ1) is 8.08. The second-order valence-electron chi connectivity index (χ2n) is 1.70. The molecule has 50 valence electrons. The average Bonchev–Trinajstić information content (AvgIpc) is 1.83. The van der Waals surface area contributed by atoms with Gasteiger partial charge in [0.1, 0.15) is 0 Å². The molecule has 9 heavy (non-hydrogen) atoms. The van der Waals surface area contributed by atoms with Gasteiger partial charge in [-0.05, 0) is 12.5 Å². The molecule has 0 fully saturated rings. The Bertz CT molecular complexity index is 152. The Morgan fingerprint density at radius 1 is 1.56 bits per heavy atom. The van der Waals surface area contributed by atoms with Gasteiger partial charge in [-0.2, -0.15) is 4.39 Å². The van der Waals surface area contributed by atoms with Crippen LogP contribution >= 0.6 is 0 Å². The van der Waals surface area contributed by atoms with Crippen LogP contribution in [0.4, 0.5) is 4.39 Å². The highest BCUT2D eigenvalue weighted by atomic mass is 19.1. The van der Waals surface area contributed by atoms with E-state index in [1.165, 1.54) is 13.1 Å². The van der Waals surface area contributed by atoms with Crippen molar-refractivity contribution in [2.24, 2.45) is 4.99 Å². The Morgan fingerprint density at radius 2 is 2.11 bits per heavy atom. The molecule has 2 heteroatoms. The monoisotopic (exact) mass is 127 g/mol. The Labute approximate surface area is 54.6 Å². The average molecular weight is 127 g/mol. The number of hydrogen-bond acceptors (Lipinski definition) is 1. The zero-order valence-electron chi connectivity index (χ0n) is 5.69. The minimum atomic E-state index is -0.434. The molecule has 0 unspecified atom stereocenters. The summed E-state index contributed by atoms with van der Waals surface area (Å²) in [6.07, 6.45) is 3.05. The summed E-state index contributed by atoms with van der Waals surface area (Å²) < 4.78 is 11.9. The maximum Gasteiger partial charge on any atom is 0.185 e. The molecule has 0 aromatic heterocycles. The third-order valence-electron chi connectivity index (χ3n) is 0.768. The molecule has 0 amide bonds. The molecule has 0 aromatic carbocycles. The zero-order chi connectivity index (χ0) is 7.28. The fourth-order valence-corrected chi connectivity index (χ4v) is 0.243. The van der Waals surface area contributed by atoms with Crippen molar-refractivity contribution < 1.29 is 4.39 Å². The van der Waals surface area contributed by atoms with Gasteiger partial charge in [0.2, 0.25) is 0 Å². The minimum absolute atomic E-state index is 0.434. The first-order valence-electron chi connectivity index (χ1n) is 2.66. The third-order valence-corrected chi connectivity index (χ3v) is 0.768. The van der Waals surface area contributed by atoms with Gasteiger partial charge in [0.05, 0.1) is 0 Å². The van der Waals surface area contributed by atoms with Crippen LogP contribution in [-0.2, 0) is 0 Å². The molecule has 1 nitrogen and oxygen atoms in total. The Morgan fingerprint density at radius 3 is 2.44 bits per heavy atom. The van der Waals surface area contributed by atoms with E-state index in [0.717, 1.165) is 5.57 Å². The van der Waals surface area contributed by atoms with Gasteiger partial charge >= 0.3 is 0 Å². The lowest BCUT2D eigenvalue weighted by molar-refractivity contribution is 0.797. The van der Waals surface area contributed by atoms with E-state index in [2.05, 4.69) is 11.6 Å². The number of aliphatic imine (C=N–C) groups is 1. The quantitative estimate of drug-likeness (QED) is 0.399. The lowest BCUT2D eigenvalue weighted by atomic mass is 10.3. The van der Waals surface area contributed by atoms with Crippen molar-refractivity contribution in [3.8, 4) is 0 Å². The van der Waals surface area contributed by atoms with E-state index < -0.39 is 5.97 Å². The summed E-state index contributed by atoms with van der Waals surface area (Å²) in [6.45, 7) is 6.58. The molecule has 0 N–H and O–H groups in total. The van der Waals surface area contributed by atoms with E-state index in [4.69, 9.17) is 0 Å². The molecule has 0 aromatic rings. The summed E-state index contributed by atoms with van der Waals surface area (Å²) in [5, 5.41) is 0. The molecule has 0 saturated heterocycles. The van der Waals surface area contributed by atoms with Gasteiger partial charge in [-0.1, -0.05) is 12.7 Å². The lowest BCUT2D eigenvalue weighted by Crippen LogP contribution is -1.73. The van der Waals surface area contributed by atoms with Gasteiger partial charge in [-0.25, -0.2) is 4.99 Å². The standard InChI is InChI=1S/C7H10FN/c1-4-6(2)5-9-7(3)8/h4-5H,1H2,2-3H3/b6-5-,9-7?. The van der Waals surface area contributed by atoms with Crippen molar-refractivity contribution in [1.82, 2.24) is 0 Å². The molecule has 0 radical (unpaired) electrons. The highest BCUT2D eigenvalue weighted by Crippen LogP contribution is 1.93. The maximum atomic E-state index is 11.9. The van der Waals surface area contributed by atoms with Crippen molar-refractivity contribution in [2.45, 2.75) is 13.8 Å². The summed E-state index contributed by atoms with van der Waals surface area (Å²) in [4.78, 5) is 3.41. The van der Waals surface area contributed by atoms with Gasteiger partial charge < -0.3 is 0 Å². The fraction of sp³-hybridized carbons (Fsp3) is 0.286. The second-order valence-corrected chi connectivity index (χ2v) is 1.70. The summed E-state index contributed by atoms with van der Waals surface area (Å²) in [5.41, 5.74) is 0.854. The van der Waals surface area contributed by atoms with Crippen LogP contribution < -0.4 is 0 Å². The third kappa shape index (κ3) is 4.94. The molecule has 0 spiro atoms. The zero-order valence-corrected chi connectivity index (χ0v) is 5.69. The summed E-state index contributed by atoms with van der Waals surface area (Å²) in [6, 6.07) is 0. The summed E-state index contributed by atoms with van der Waals surface area (Å²) in [7, 11) is 0. The lowest BCUT2D eigenvalue weighted by Gasteiger charge is -1.83. The molecule has 0 rings (SSSR count). The number of rotatable bonds is 2. The van der Waals surface area contributed by atoms with Gasteiger partial charge in [0, 0.05) is 13.1 Å². The van der Waals surface area contributed by atoms with Crippen molar-refractivity contribution >= 4 is 5.97 Å². The largest absolute Gasteiger partial charge is 0.232 e. The van der Waals surface area contributed by atoms with Crippen LogP contribution in [0.5, 0.6) is 0 Å². The van der Waals surface area contributed by atoms with Gasteiger partial charge in [-0.15, -0.1) is 0 Å². The number of hydrogen-bond donors (Lipinski definition) is 0. The van der Waals surface area contributed by atoms with E-state index in [9.17, 15) is 4.39 Å². The molecular weight excluding hydrogens is 117 g/mol. The highest BCUT2D eigenvalue weighted by molar-refractivity contribution is 5.72. The fourth-order valence-electron chi connectivity index (χ4n) is 0.243. The molecule has 0 atom stereocenters. The van der Waals surface area contributed by atoms with Crippen LogP contribution in [0.15, 0.2) is 29.4 Å². The van der Waals surface area contributed by atoms with E-state index in [-0.39, 0.29) is 0 Å². The number of halogens is 1. The van der Waals surface area contributed by atoms with E-state index in [1.54, 1.807) is 13.0 Å².